The number of amides is 2. The molecule has 2 amide bonds. The number of nitrogens with one attached hydrogen (secondary N) is 1. The SMILES string of the molecule is CC(C)NC(=O)C(C)N(Cc1ccc(Br)cc1)C(=O)CSCc1ccc(Br)cc1. The van der Waals surface area contributed by atoms with Gasteiger partial charge in [0.1, 0.15) is 6.04 Å². The Morgan fingerprint density at radius 3 is 1.97 bits per heavy atom. The van der Waals surface area contributed by atoms with E-state index in [-0.39, 0.29) is 17.9 Å². The van der Waals surface area contributed by atoms with Gasteiger partial charge < -0.3 is 10.2 Å². The van der Waals surface area contributed by atoms with Crippen molar-refractivity contribution in [1.82, 2.24) is 10.2 Å². The molecule has 0 saturated heterocycles. The predicted octanol–water partition coefficient (Wildman–Crippen LogP) is 5.39. The highest BCUT2D eigenvalue weighted by molar-refractivity contribution is 9.10. The number of benzene rings is 2. The third kappa shape index (κ3) is 8.15. The Balaban J connectivity index is 2.05. The minimum absolute atomic E-state index is 0.0290. The van der Waals surface area contributed by atoms with Crippen LogP contribution in [0.3, 0.4) is 0 Å². The molecule has 1 N–H and O–H groups in total. The van der Waals surface area contributed by atoms with Crippen LogP contribution < -0.4 is 5.32 Å². The van der Waals surface area contributed by atoms with Crippen LogP contribution in [-0.4, -0.2) is 34.6 Å². The van der Waals surface area contributed by atoms with E-state index in [1.54, 1.807) is 23.6 Å². The zero-order chi connectivity index (χ0) is 21.4. The molecule has 0 spiro atoms. The Morgan fingerprint density at radius 1 is 0.931 bits per heavy atom. The molecule has 0 bridgehead atoms. The largest absolute Gasteiger partial charge is 0.352 e. The molecule has 4 nitrogen and oxygen atoms in total. The van der Waals surface area contributed by atoms with Crippen molar-refractivity contribution in [1.29, 1.82) is 0 Å². The summed E-state index contributed by atoms with van der Waals surface area (Å²) in [5.74, 6) is 0.897. The highest BCUT2D eigenvalue weighted by Gasteiger charge is 2.26. The summed E-state index contributed by atoms with van der Waals surface area (Å²) in [4.78, 5) is 27.2. The molecule has 1 atom stereocenters. The summed E-state index contributed by atoms with van der Waals surface area (Å²) in [7, 11) is 0. The molecule has 7 heteroatoms. The molecular weight excluding hydrogens is 516 g/mol. The molecule has 0 aliphatic rings. The highest BCUT2D eigenvalue weighted by atomic mass is 79.9. The van der Waals surface area contributed by atoms with Gasteiger partial charge in [-0.05, 0) is 56.2 Å². The van der Waals surface area contributed by atoms with Gasteiger partial charge in [-0.3, -0.25) is 9.59 Å². The van der Waals surface area contributed by atoms with E-state index < -0.39 is 6.04 Å². The number of nitrogens with zero attached hydrogens (tertiary/aromatic N) is 1. The smallest absolute Gasteiger partial charge is 0.242 e. The minimum Gasteiger partial charge on any atom is -0.352 e. The zero-order valence-corrected chi connectivity index (χ0v) is 20.8. The van der Waals surface area contributed by atoms with E-state index in [1.807, 2.05) is 62.4 Å². The Kier molecular flexibility index (Phi) is 9.72. The Labute approximate surface area is 194 Å². The summed E-state index contributed by atoms with van der Waals surface area (Å²) < 4.78 is 2.02. The maximum atomic E-state index is 13.0. The second-order valence-electron chi connectivity index (χ2n) is 7.11. The molecule has 29 heavy (non-hydrogen) atoms. The van der Waals surface area contributed by atoms with Crippen LogP contribution in [0, 0.1) is 0 Å². The van der Waals surface area contributed by atoms with E-state index >= 15 is 0 Å². The standard InChI is InChI=1S/C22H26Br2N2O2S/c1-15(2)25-22(28)16(3)26(12-17-4-8-19(23)9-5-17)21(27)14-29-13-18-6-10-20(24)11-7-18/h4-11,15-16H,12-14H2,1-3H3,(H,25,28). The minimum atomic E-state index is -0.540. The number of rotatable bonds is 9. The quantitative estimate of drug-likeness (QED) is 0.463. The van der Waals surface area contributed by atoms with Gasteiger partial charge in [-0.25, -0.2) is 0 Å². The lowest BCUT2D eigenvalue weighted by molar-refractivity contribution is -0.138. The first kappa shape index (κ1) is 24.0. The number of hydrogen-bond acceptors (Lipinski definition) is 3. The number of thioether (sulfide) groups is 1. The van der Waals surface area contributed by atoms with E-state index in [0.717, 1.165) is 25.8 Å². The number of carbonyl (C=O) groups is 2. The Morgan fingerprint density at radius 2 is 1.45 bits per heavy atom. The zero-order valence-electron chi connectivity index (χ0n) is 16.8. The molecule has 156 valence electrons. The van der Waals surface area contributed by atoms with Crippen molar-refractivity contribution in [2.45, 2.75) is 45.2 Å². The highest BCUT2D eigenvalue weighted by Crippen LogP contribution is 2.19. The van der Waals surface area contributed by atoms with Gasteiger partial charge in [0.2, 0.25) is 11.8 Å². The molecule has 0 aromatic heterocycles. The van der Waals surface area contributed by atoms with Gasteiger partial charge in [0.05, 0.1) is 5.75 Å². The summed E-state index contributed by atoms with van der Waals surface area (Å²) >= 11 is 8.42. The lowest BCUT2D eigenvalue weighted by Gasteiger charge is -2.29. The van der Waals surface area contributed by atoms with Crippen molar-refractivity contribution in [2.75, 3.05) is 5.75 Å². The number of hydrogen-bond donors (Lipinski definition) is 1. The van der Waals surface area contributed by atoms with E-state index in [4.69, 9.17) is 0 Å². The molecule has 0 heterocycles. The van der Waals surface area contributed by atoms with Crippen molar-refractivity contribution < 1.29 is 9.59 Å². The first-order chi connectivity index (χ1) is 13.8. The second-order valence-corrected chi connectivity index (χ2v) is 9.92. The van der Waals surface area contributed by atoms with Crippen LogP contribution in [0.2, 0.25) is 0 Å². The van der Waals surface area contributed by atoms with Crippen molar-refractivity contribution in [3.05, 3.63) is 68.6 Å². The van der Waals surface area contributed by atoms with E-state index in [0.29, 0.717) is 12.3 Å². The molecule has 0 fully saturated rings. The summed E-state index contributed by atoms with van der Waals surface area (Å²) in [5.41, 5.74) is 2.15. The van der Waals surface area contributed by atoms with Crippen LogP contribution in [0.15, 0.2) is 57.5 Å². The molecule has 0 radical (unpaired) electrons. The van der Waals surface area contributed by atoms with Crippen LogP contribution in [0.1, 0.15) is 31.9 Å². The van der Waals surface area contributed by atoms with Crippen molar-refractivity contribution in [3.8, 4) is 0 Å². The first-order valence-corrected chi connectivity index (χ1v) is 12.2. The summed E-state index contributed by atoms with van der Waals surface area (Å²) in [5, 5.41) is 2.91. The molecule has 2 rings (SSSR count). The van der Waals surface area contributed by atoms with Gasteiger partial charge in [-0.15, -0.1) is 11.8 Å². The van der Waals surface area contributed by atoms with Crippen molar-refractivity contribution in [2.24, 2.45) is 0 Å². The van der Waals surface area contributed by atoms with Crippen LogP contribution in [-0.2, 0) is 21.9 Å². The fraction of sp³-hybridized carbons (Fsp3) is 0.364. The van der Waals surface area contributed by atoms with E-state index in [9.17, 15) is 9.59 Å². The summed E-state index contributed by atoms with van der Waals surface area (Å²) in [6, 6.07) is 15.4. The Hall–Kier alpha value is -1.31. The molecule has 0 saturated carbocycles. The topological polar surface area (TPSA) is 49.4 Å². The van der Waals surface area contributed by atoms with Crippen LogP contribution in [0.5, 0.6) is 0 Å². The summed E-state index contributed by atoms with van der Waals surface area (Å²) in [6.45, 7) is 6.02. The van der Waals surface area contributed by atoms with Gasteiger partial charge in [0, 0.05) is 27.3 Å². The lowest BCUT2D eigenvalue weighted by Crippen LogP contribution is -2.49. The third-order valence-electron chi connectivity index (χ3n) is 4.27. The second kappa shape index (κ2) is 11.8. The van der Waals surface area contributed by atoms with E-state index in [2.05, 4.69) is 37.2 Å². The van der Waals surface area contributed by atoms with Crippen LogP contribution in [0.4, 0.5) is 0 Å². The van der Waals surface area contributed by atoms with Gasteiger partial charge in [0.25, 0.3) is 0 Å². The van der Waals surface area contributed by atoms with Gasteiger partial charge in [0.15, 0.2) is 0 Å². The van der Waals surface area contributed by atoms with Gasteiger partial charge >= 0.3 is 0 Å². The van der Waals surface area contributed by atoms with Crippen LogP contribution in [0.25, 0.3) is 0 Å². The average molecular weight is 542 g/mol. The van der Waals surface area contributed by atoms with E-state index in [1.165, 1.54) is 0 Å². The Bertz CT molecular complexity index is 811. The fourth-order valence-corrected chi connectivity index (χ4v) is 4.09. The van der Waals surface area contributed by atoms with Crippen LogP contribution >= 0.6 is 43.6 Å². The predicted molar refractivity (Wildman–Crippen MR) is 128 cm³/mol. The monoisotopic (exact) mass is 540 g/mol. The van der Waals surface area contributed by atoms with Gasteiger partial charge in [-0.1, -0.05) is 56.1 Å². The molecule has 1 unspecified atom stereocenters. The van der Waals surface area contributed by atoms with Crippen molar-refractivity contribution >= 4 is 55.4 Å². The number of carbonyl (C=O) groups excluding carboxylic acids is 2. The first-order valence-electron chi connectivity index (χ1n) is 9.42. The molecule has 2 aromatic rings. The van der Waals surface area contributed by atoms with Gasteiger partial charge in [-0.2, -0.15) is 0 Å². The number of halogens is 2. The molecule has 0 aliphatic carbocycles. The van der Waals surface area contributed by atoms with Crippen molar-refractivity contribution in [3.63, 3.8) is 0 Å². The summed E-state index contributed by atoms with van der Waals surface area (Å²) in [6.07, 6.45) is 0. The maximum Gasteiger partial charge on any atom is 0.242 e. The molecule has 2 aromatic carbocycles. The fourth-order valence-electron chi connectivity index (χ4n) is 2.69. The molecular formula is C22H26Br2N2O2S. The normalized spacial score (nSPS) is 11.9. The molecule has 0 aliphatic heterocycles. The third-order valence-corrected chi connectivity index (χ3v) is 6.32. The maximum absolute atomic E-state index is 13.0. The lowest BCUT2D eigenvalue weighted by atomic mass is 10.1. The average Bonchev–Trinajstić information content (AvgIpc) is 2.68.